The summed E-state index contributed by atoms with van der Waals surface area (Å²) in [4.78, 5) is 12.9. The monoisotopic (exact) mass is 440 g/mol. The van der Waals surface area contributed by atoms with Gasteiger partial charge in [0.1, 0.15) is 5.78 Å². The molecule has 5 aliphatic rings. The zero-order chi connectivity index (χ0) is 23.5. The van der Waals surface area contributed by atoms with E-state index in [-0.39, 0.29) is 28.3 Å². The van der Waals surface area contributed by atoms with Gasteiger partial charge >= 0.3 is 0 Å². The largest absolute Gasteiger partial charge is 0.392 e. The molecular weight excluding hydrogens is 392 g/mol. The van der Waals surface area contributed by atoms with Crippen molar-refractivity contribution in [2.45, 2.75) is 112 Å². The van der Waals surface area contributed by atoms with Crippen LogP contribution in [-0.2, 0) is 4.79 Å². The standard InChI is InChI=1S/C30H48O2/c1-18(2)24-20(31)17-27(5)15-16-29(7)19(25(24)27)9-10-22-28(6)13-12-23(32)26(3,4)21(28)11-14-30(22,29)8/h19-22,24-25,31H,1,9-17H2,2-8H3/t19-,20+,21+,22-,24-,25+,27+,28+,29-,30-/m1/s1. The lowest BCUT2D eigenvalue weighted by Crippen LogP contribution is -2.66. The van der Waals surface area contributed by atoms with Crippen LogP contribution < -0.4 is 0 Å². The molecule has 180 valence electrons. The molecule has 0 aromatic heterocycles. The van der Waals surface area contributed by atoms with E-state index < -0.39 is 0 Å². The fraction of sp³-hybridized carbons (Fsp3) is 0.900. The van der Waals surface area contributed by atoms with Crippen LogP contribution in [0.5, 0.6) is 0 Å². The zero-order valence-electron chi connectivity index (χ0n) is 21.9. The maximum absolute atomic E-state index is 12.9. The fourth-order valence-corrected chi connectivity index (χ4v) is 11.4. The molecule has 0 unspecified atom stereocenters. The van der Waals surface area contributed by atoms with Crippen LogP contribution in [0, 0.1) is 56.7 Å². The zero-order valence-corrected chi connectivity index (χ0v) is 21.9. The molecule has 0 bridgehead atoms. The van der Waals surface area contributed by atoms with E-state index in [4.69, 9.17) is 0 Å². The number of rotatable bonds is 1. The molecule has 0 spiro atoms. The number of hydrogen-bond donors (Lipinski definition) is 1. The van der Waals surface area contributed by atoms with E-state index in [1.165, 1.54) is 44.1 Å². The van der Waals surface area contributed by atoms with Gasteiger partial charge in [0.25, 0.3) is 0 Å². The van der Waals surface area contributed by atoms with Gasteiger partial charge in [-0.25, -0.2) is 0 Å². The van der Waals surface area contributed by atoms with Gasteiger partial charge in [-0.3, -0.25) is 4.79 Å². The molecule has 10 atom stereocenters. The minimum atomic E-state index is -0.214. The second-order valence-corrected chi connectivity index (χ2v) is 14.6. The number of fused-ring (bicyclic) bond motifs is 7. The minimum Gasteiger partial charge on any atom is -0.392 e. The van der Waals surface area contributed by atoms with Crippen LogP contribution in [0.2, 0.25) is 0 Å². The predicted molar refractivity (Wildman–Crippen MR) is 131 cm³/mol. The molecule has 0 aromatic rings. The van der Waals surface area contributed by atoms with Crippen molar-refractivity contribution < 1.29 is 9.90 Å². The molecule has 0 heterocycles. The summed E-state index contributed by atoms with van der Waals surface area (Å²) in [6.07, 6.45) is 10.2. The number of aliphatic hydroxyl groups is 1. The fourth-order valence-electron chi connectivity index (χ4n) is 11.4. The highest BCUT2D eigenvalue weighted by molar-refractivity contribution is 5.85. The van der Waals surface area contributed by atoms with Gasteiger partial charge in [0.15, 0.2) is 0 Å². The van der Waals surface area contributed by atoms with Crippen molar-refractivity contribution in [3.8, 4) is 0 Å². The molecule has 0 amide bonds. The molecule has 2 heteroatoms. The Morgan fingerprint density at radius 3 is 2.25 bits per heavy atom. The van der Waals surface area contributed by atoms with Crippen molar-refractivity contribution in [3.05, 3.63) is 12.2 Å². The SMILES string of the molecule is C=C(C)[C@H]1[C@@H]2[C@H]3CC[C@@H]4[C@@]5(C)CCC(=O)C(C)(C)[C@@H]5CC[C@@]4(C)[C@]3(C)CC[C@@]2(C)C[C@@H]1O. The number of carbonyl (C=O) groups is 1. The van der Waals surface area contributed by atoms with E-state index in [2.05, 4.69) is 55.0 Å². The Morgan fingerprint density at radius 2 is 1.59 bits per heavy atom. The lowest BCUT2D eigenvalue weighted by atomic mass is 9.32. The van der Waals surface area contributed by atoms with Crippen molar-refractivity contribution in [2.24, 2.45) is 56.7 Å². The Labute approximate surface area is 197 Å². The van der Waals surface area contributed by atoms with E-state index in [0.717, 1.165) is 19.3 Å². The van der Waals surface area contributed by atoms with Crippen LogP contribution >= 0.6 is 0 Å². The third-order valence-electron chi connectivity index (χ3n) is 13.2. The Kier molecular flexibility index (Phi) is 4.87. The van der Waals surface area contributed by atoms with Crippen LogP contribution in [0.3, 0.4) is 0 Å². The summed E-state index contributed by atoms with van der Waals surface area (Å²) < 4.78 is 0. The summed E-state index contributed by atoms with van der Waals surface area (Å²) in [6.45, 7) is 21.4. The summed E-state index contributed by atoms with van der Waals surface area (Å²) in [5, 5.41) is 11.1. The molecule has 0 aliphatic heterocycles. The van der Waals surface area contributed by atoms with E-state index in [1.807, 2.05) is 0 Å². The van der Waals surface area contributed by atoms with Crippen LogP contribution in [0.25, 0.3) is 0 Å². The molecule has 5 fully saturated rings. The highest BCUT2D eigenvalue weighted by Gasteiger charge is 2.71. The summed E-state index contributed by atoms with van der Waals surface area (Å²) >= 11 is 0. The molecule has 0 saturated heterocycles. The van der Waals surface area contributed by atoms with E-state index in [9.17, 15) is 9.90 Å². The highest BCUT2D eigenvalue weighted by Crippen LogP contribution is 2.77. The van der Waals surface area contributed by atoms with Crippen LogP contribution in [0.1, 0.15) is 106 Å². The summed E-state index contributed by atoms with van der Waals surface area (Å²) in [6, 6.07) is 0. The second-order valence-electron chi connectivity index (χ2n) is 14.6. The van der Waals surface area contributed by atoms with Crippen molar-refractivity contribution in [2.75, 3.05) is 0 Å². The lowest BCUT2D eigenvalue weighted by molar-refractivity contribution is -0.232. The van der Waals surface area contributed by atoms with E-state index >= 15 is 0 Å². The summed E-state index contributed by atoms with van der Waals surface area (Å²) in [7, 11) is 0. The number of ketones is 1. The van der Waals surface area contributed by atoms with Gasteiger partial charge in [-0.05, 0) is 104 Å². The van der Waals surface area contributed by atoms with Crippen molar-refractivity contribution in [3.63, 3.8) is 0 Å². The number of aliphatic hydroxyl groups excluding tert-OH is 1. The van der Waals surface area contributed by atoms with E-state index in [1.54, 1.807) is 0 Å². The van der Waals surface area contributed by atoms with Gasteiger partial charge in [0, 0.05) is 17.8 Å². The molecule has 2 nitrogen and oxygen atoms in total. The minimum absolute atomic E-state index is 0.169. The Bertz CT molecular complexity index is 842. The highest BCUT2D eigenvalue weighted by atomic mass is 16.3. The third kappa shape index (κ3) is 2.60. The second kappa shape index (κ2) is 6.73. The Balaban J connectivity index is 1.56. The molecule has 0 aromatic carbocycles. The number of carbonyl (C=O) groups excluding carboxylic acids is 1. The number of Topliss-reactive ketones (excluding diaryl/α,β-unsaturated/α-hetero) is 1. The van der Waals surface area contributed by atoms with Crippen molar-refractivity contribution in [1.82, 2.24) is 0 Å². The van der Waals surface area contributed by atoms with Crippen LogP contribution in [0.4, 0.5) is 0 Å². The average Bonchev–Trinajstić information content (AvgIpc) is 2.96. The lowest BCUT2D eigenvalue weighted by Gasteiger charge is -2.72. The molecule has 5 rings (SSSR count). The Hall–Kier alpha value is -0.630. The van der Waals surface area contributed by atoms with Gasteiger partial charge in [0.05, 0.1) is 6.10 Å². The topological polar surface area (TPSA) is 37.3 Å². The molecular formula is C30H48O2. The van der Waals surface area contributed by atoms with Crippen LogP contribution in [-0.4, -0.2) is 17.0 Å². The third-order valence-corrected chi connectivity index (χ3v) is 13.2. The van der Waals surface area contributed by atoms with Crippen LogP contribution in [0.15, 0.2) is 12.2 Å². The first-order valence-corrected chi connectivity index (χ1v) is 13.6. The Morgan fingerprint density at radius 1 is 0.906 bits per heavy atom. The van der Waals surface area contributed by atoms with Crippen molar-refractivity contribution in [1.29, 1.82) is 0 Å². The van der Waals surface area contributed by atoms with Gasteiger partial charge < -0.3 is 5.11 Å². The summed E-state index contributed by atoms with van der Waals surface area (Å²) in [5.74, 6) is 3.26. The maximum Gasteiger partial charge on any atom is 0.138 e. The number of hydrogen-bond acceptors (Lipinski definition) is 2. The predicted octanol–water partition coefficient (Wildman–Crippen LogP) is 7.20. The van der Waals surface area contributed by atoms with E-state index in [0.29, 0.717) is 40.3 Å². The first-order chi connectivity index (χ1) is 14.7. The molecule has 1 N–H and O–H groups in total. The van der Waals surface area contributed by atoms with Gasteiger partial charge in [-0.1, -0.05) is 53.7 Å². The summed E-state index contributed by atoms with van der Waals surface area (Å²) in [5.41, 5.74) is 2.21. The maximum atomic E-state index is 12.9. The van der Waals surface area contributed by atoms with Gasteiger partial charge in [-0.2, -0.15) is 0 Å². The smallest absolute Gasteiger partial charge is 0.138 e. The van der Waals surface area contributed by atoms with Gasteiger partial charge in [-0.15, -0.1) is 0 Å². The van der Waals surface area contributed by atoms with Crippen molar-refractivity contribution >= 4 is 5.78 Å². The molecule has 5 aliphatic carbocycles. The molecule has 32 heavy (non-hydrogen) atoms. The molecule has 0 radical (unpaired) electrons. The first-order valence-electron chi connectivity index (χ1n) is 13.6. The van der Waals surface area contributed by atoms with Gasteiger partial charge in [0.2, 0.25) is 0 Å². The quantitative estimate of drug-likeness (QED) is 0.438. The normalized spacial score (nSPS) is 56.6. The average molecular weight is 441 g/mol. The first kappa shape index (κ1) is 23.1. The molecule has 5 saturated carbocycles.